The first kappa shape index (κ1) is 35.7. The normalized spacial score (nSPS) is 14.2. The number of halogens is 4. The molecule has 58 heavy (non-hydrogen) atoms. The van der Waals surface area contributed by atoms with Crippen molar-refractivity contribution in [2.45, 2.75) is 0 Å². The van der Waals surface area contributed by atoms with Gasteiger partial charge in [0.05, 0.1) is 21.2 Å². The number of hydrogen-bond acceptors (Lipinski definition) is 7. The van der Waals surface area contributed by atoms with Gasteiger partial charge >= 0.3 is 0 Å². The van der Waals surface area contributed by atoms with Crippen molar-refractivity contribution in [3.05, 3.63) is 175 Å². The van der Waals surface area contributed by atoms with E-state index in [1.54, 1.807) is 48.5 Å². The van der Waals surface area contributed by atoms with Crippen LogP contribution >= 0.6 is 14.3 Å². The zero-order valence-electron chi connectivity index (χ0n) is 29.8. The van der Waals surface area contributed by atoms with E-state index in [4.69, 9.17) is 24.4 Å². The second kappa shape index (κ2) is 13.5. The average Bonchev–Trinajstić information content (AvgIpc) is 3.25. The minimum Gasteiger partial charge on any atom is -0.456 e. The minimum absolute atomic E-state index is 0.112. The molecule has 13 heteroatoms. The van der Waals surface area contributed by atoms with E-state index in [-0.39, 0.29) is 55.9 Å². The molecule has 7 aromatic carbocycles. The summed E-state index contributed by atoms with van der Waals surface area (Å²) >= 11 is 0. The Morgan fingerprint density at radius 3 is 0.966 bits per heavy atom. The standard InChI is InChI=1S/C45H25F4N3O4P2/c46-29-10-18-35-39(22-29)57(53,40-23-30(47)11-19-36(40)55-35)33-14-6-27(7-15-33)44-50-43(26-4-2-1-3-5-26)51-45(52-44)28-8-16-34(17-9-28)58(54)41-24-31(48)12-20-37(41)56-38-21-13-32(49)25-42(38)58/h1-25H. The quantitative estimate of drug-likeness (QED) is 0.127. The summed E-state index contributed by atoms with van der Waals surface area (Å²) in [5.41, 5.74) is 1.77. The van der Waals surface area contributed by atoms with E-state index < -0.39 is 37.6 Å². The van der Waals surface area contributed by atoms with Gasteiger partial charge in [-0.3, -0.25) is 0 Å². The lowest BCUT2D eigenvalue weighted by atomic mass is 10.1. The third-order valence-corrected chi connectivity index (χ3v) is 16.3. The number of ether oxygens (including phenoxy) is 2. The van der Waals surface area contributed by atoms with E-state index in [0.29, 0.717) is 33.1 Å². The topological polar surface area (TPSA) is 91.3 Å². The van der Waals surface area contributed by atoms with Crippen LogP contribution in [-0.4, -0.2) is 15.0 Å². The number of benzene rings is 7. The van der Waals surface area contributed by atoms with Crippen molar-refractivity contribution in [3.63, 3.8) is 0 Å². The number of hydrogen-bond donors (Lipinski definition) is 0. The Kier molecular flexibility index (Phi) is 8.30. The summed E-state index contributed by atoms with van der Waals surface area (Å²) in [4.78, 5) is 14.4. The van der Waals surface area contributed by atoms with Crippen molar-refractivity contribution in [1.29, 1.82) is 0 Å². The first-order valence-electron chi connectivity index (χ1n) is 17.9. The smallest absolute Gasteiger partial charge is 0.178 e. The zero-order chi connectivity index (χ0) is 39.8. The molecule has 0 radical (unpaired) electrons. The fourth-order valence-corrected chi connectivity index (χ4v) is 13.0. The molecule has 0 bridgehead atoms. The summed E-state index contributed by atoms with van der Waals surface area (Å²) in [6, 6.07) is 37.6. The van der Waals surface area contributed by atoms with Gasteiger partial charge in [-0.05, 0) is 72.8 Å². The molecular formula is C45H25F4N3O4P2. The third kappa shape index (κ3) is 5.77. The molecule has 2 aliphatic rings. The maximum atomic E-state index is 15.1. The Labute approximate surface area is 328 Å². The second-order valence-electron chi connectivity index (χ2n) is 13.6. The van der Waals surface area contributed by atoms with Crippen LogP contribution in [0.15, 0.2) is 152 Å². The molecule has 3 heterocycles. The lowest BCUT2D eigenvalue weighted by molar-refractivity contribution is 0.481. The highest BCUT2D eigenvalue weighted by atomic mass is 31.2. The molecule has 0 saturated carbocycles. The molecule has 0 unspecified atom stereocenters. The lowest BCUT2D eigenvalue weighted by Crippen LogP contribution is -2.31. The third-order valence-electron chi connectivity index (χ3n) is 10.1. The molecule has 0 fully saturated rings. The van der Waals surface area contributed by atoms with Crippen LogP contribution in [0.1, 0.15) is 0 Å². The van der Waals surface area contributed by atoms with Gasteiger partial charge in [-0.1, -0.05) is 78.9 Å². The van der Waals surface area contributed by atoms with Crippen molar-refractivity contribution in [1.82, 2.24) is 15.0 Å². The number of rotatable bonds is 5. The number of nitrogens with zero attached hydrogens (tertiary/aromatic N) is 3. The van der Waals surface area contributed by atoms with Crippen LogP contribution in [0.3, 0.4) is 0 Å². The summed E-state index contributed by atoms with van der Waals surface area (Å²) in [7, 11) is -7.65. The zero-order valence-corrected chi connectivity index (χ0v) is 31.6. The largest absolute Gasteiger partial charge is 0.456 e. The predicted molar refractivity (Wildman–Crippen MR) is 215 cm³/mol. The fourth-order valence-electron chi connectivity index (χ4n) is 7.34. The number of aromatic nitrogens is 3. The molecule has 7 nitrogen and oxygen atoms in total. The molecule has 2 aliphatic heterocycles. The molecule has 0 spiro atoms. The molecule has 10 rings (SSSR count). The molecule has 1 aromatic heterocycles. The van der Waals surface area contributed by atoms with Crippen molar-refractivity contribution in [2.75, 3.05) is 0 Å². The van der Waals surface area contributed by atoms with E-state index in [2.05, 4.69) is 0 Å². The summed E-state index contributed by atoms with van der Waals surface area (Å²) in [6.45, 7) is 0. The van der Waals surface area contributed by atoms with Crippen LogP contribution in [0.2, 0.25) is 0 Å². The molecule has 282 valence electrons. The Bertz CT molecular complexity index is 2780. The van der Waals surface area contributed by atoms with Crippen molar-refractivity contribution >= 4 is 46.1 Å². The lowest BCUT2D eigenvalue weighted by Gasteiger charge is -2.29. The van der Waals surface area contributed by atoms with Gasteiger partial charge in [-0.15, -0.1) is 0 Å². The van der Waals surface area contributed by atoms with Gasteiger partial charge in [-0.25, -0.2) is 32.5 Å². The molecule has 8 aromatic rings. The SMILES string of the molecule is O=P1(c2ccc(-c3nc(-c4ccccc4)nc(-c4ccc(P5(=O)c6cc(F)ccc6Oc6ccc(F)cc65)cc4)n3)cc2)c2cc(F)ccc2Oc2ccc(F)cc21. The molecule has 0 saturated heterocycles. The first-order chi connectivity index (χ1) is 28.1. The maximum absolute atomic E-state index is 15.1. The van der Waals surface area contributed by atoms with Gasteiger partial charge in [0.15, 0.2) is 31.8 Å². The highest BCUT2D eigenvalue weighted by Gasteiger charge is 2.41. The highest BCUT2D eigenvalue weighted by Crippen LogP contribution is 2.53. The minimum atomic E-state index is -3.82. The summed E-state index contributed by atoms with van der Waals surface area (Å²) in [5.74, 6) is -0.719. The number of fused-ring (bicyclic) bond motifs is 4. The Balaban J connectivity index is 1.07. The molecule has 0 N–H and O–H groups in total. The summed E-state index contributed by atoms with van der Waals surface area (Å²) < 4.78 is 101. The summed E-state index contributed by atoms with van der Waals surface area (Å²) in [5, 5.41) is 1.08. The summed E-state index contributed by atoms with van der Waals surface area (Å²) in [6.07, 6.45) is 0. The van der Waals surface area contributed by atoms with E-state index in [0.717, 1.165) is 24.3 Å². The van der Waals surface area contributed by atoms with E-state index >= 15 is 9.13 Å². The molecule has 0 amide bonds. The Hall–Kier alpha value is -6.67. The highest BCUT2D eigenvalue weighted by molar-refractivity contribution is 7.86. The van der Waals surface area contributed by atoms with Gasteiger partial charge < -0.3 is 18.6 Å². The monoisotopic (exact) mass is 809 g/mol. The molecule has 0 aliphatic carbocycles. The van der Waals surface area contributed by atoms with Crippen LogP contribution in [0, 0.1) is 23.3 Å². The fraction of sp³-hybridized carbons (Fsp3) is 0. The van der Waals surface area contributed by atoms with Crippen LogP contribution in [0.4, 0.5) is 17.6 Å². The van der Waals surface area contributed by atoms with E-state index in [9.17, 15) is 17.6 Å². The van der Waals surface area contributed by atoms with E-state index in [1.807, 2.05) is 30.3 Å². The Morgan fingerprint density at radius 2 is 0.655 bits per heavy atom. The maximum Gasteiger partial charge on any atom is 0.178 e. The van der Waals surface area contributed by atoms with Gasteiger partial charge in [0.25, 0.3) is 0 Å². The predicted octanol–water partition coefficient (Wildman–Crippen LogP) is 8.92. The van der Waals surface area contributed by atoms with Crippen LogP contribution in [0.25, 0.3) is 34.2 Å². The average molecular weight is 810 g/mol. The van der Waals surface area contributed by atoms with Crippen LogP contribution in [-0.2, 0) is 9.13 Å². The first-order valence-corrected chi connectivity index (χ1v) is 21.3. The van der Waals surface area contributed by atoms with Crippen molar-refractivity contribution < 1.29 is 36.2 Å². The van der Waals surface area contributed by atoms with Crippen molar-refractivity contribution in [2.24, 2.45) is 0 Å². The Morgan fingerprint density at radius 1 is 0.362 bits per heavy atom. The molecular weight excluding hydrogens is 784 g/mol. The van der Waals surface area contributed by atoms with Crippen LogP contribution < -0.4 is 41.3 Å². The van der Waals surface area contributed by atoms with Gasteiger partial charge in [0.1, 0.15) is 46.3 Å². The molecule has 0 atom stereocenters. The van der Waals surface area contributed by atoms with Gasteiger partial charge in [-0.2, -0.15) is 0 Å². The van der Waals surface area contributed by atoms with E-state index in [1.165, 1.54) is 48.5 Å². The second-order valence-corrected chi connectivity index (χ2v) is 19.0. The van der Waals surface area contributed by atoms with Gasteiger partial charge in [0.2, 0.25) is 0 Å². The van der Waals surface area contributed by atoms with Gasteiger partial charge in [0, 0.05) is 27.3 Å². The van der Waals surface area contributed by atoms with Crippen molar-refractivity contribution in [3.8, 4) is 57.2 Å². The van der Waals surface area contributed by atoms with Crippen LogP contribution in [0.5, 0.6) is 23.0 Å².